The maximum Gasteiger partial charge on any atom is 0.159 e. The van der Waals surface area contributed by atoms with Gasteiger partial charge in [-0.3, -0.25) is 4.98 Å². The molecule has 3 heterocycles. The number of H-pyrrole nitrogens is 1. The predicted molar refractivity (Wildman–Crippen MR) is 126 cm³/mol. The third kappa shape index (κ3) is 3.17. The highest BCUT2D eigenvalue weighted by Crippen LogP contribution is 2.44. The van der Waals surface area contributed by atoms with Gasteiger partial charge in [-0.1, -0.05) is 41.6 Å². The van der Waals surface area contributed by atoms with Crippen LogP contribution in [0.25, 0.3) is 22.2 Å². The minimum absolute atomic E-state index is 0.451. The van der Waals surface area contributed by atoms with Gasteiger partial charge < -0.3 is 14.6 Å². The molecule has 2 aromatic carbocycles. The number of hydrogen-bond acceptors (Lipinski definition) is 5. The zero-order valence-electron chi connectivity index (χ0n) is 18.5. The summed E-state index contributed by atoms with van der Waals surface area (Å²) in [6.07, 6.45) is 3.98. The molecule has 6 rings (SSSR count). The molecule has 5 aromatic rings. The molecular formula is C27H24N4O2. The Bertz CT molecular complexity index is 1390. The van der Waals surface area contributed by atoms with E-state index in [1.165, 1.54) is 0 Å². The molecule has 1 saturated carbocycles. The second kappa shape index (κ2) is 7.39. The lowest BCUT2D eigenvalue weighted by Crippen LogP contribution is -2.30. The van der Waals surface area contributed by atoms with Gasteiger partial charge in [-0.25, -0.2) is 4.98 Å². The van der Waals surface area contributed by atoms with Crippen molar-refractivity contribution in [3.63, 3.8) is 0 Å². The van der Waals surface area contributed by atoms with E-state index in [1.807, 2.05) is 68.4 Å². The van der Waals surface area contributed by atoms with Crippen LogP contribution in [0.2, 0.25) is 0 Å². The molecule has 1 aliphatic rings. The zero-order chi connectivity index (χ0) is 22.6. The van der Waals surface area contributed by atoms with Gasteiger partial charge in [0.05, 0.1) is 22.4 Å². The van der Waals surface area contributed by atoms with Crippen molar-refractivity contribution in [1.29, 1.82) is 0 Å². The summed E-state index contributed by atoms with van der Waals surface area (Å²) in [7, 11) is 0. The number of imidazole rings is 1. The van der Waals surface area contributed by atoms with Crippen LogP contribution >= 0.6 is 0 Å². The van der Waals surface area contributed by atoms with Crippen molar-refractivity contribution in [3.8, 4) is 11.1 Å². The van der Waals surface area contributed by atoms with E-state index in [0.717, 1.165) is 57.8 Å². The van der Waals surface area contributed by atoms with Crippen LogP contribution in [0.5, 0.6) is 0 Å². The van der Waals surface area contributed by atoms with Crippen LogP contribution in [0.15, 0.2) is 71.4 Å². The van der Waals surface area contributed by atoms with Gasteiger partial charge in [0, 0.05) is 23.2 Å². The first kappa shape index (κ1) is 19.9. The number of nitrogens with zero attached hydrogens (tertiary/aromatic N) is 3. The first-order valence-corrected chi connectivity index (χ1v) is 11.2. The lowest BCUT2D eigenvalue weighted by atomic mass is 9.81. The minimum atomic E-state index is -1.49. The van der Waals surface area contributed by atoms with Gasteiger partial charge >= 0.3 is 0 Å². The number of nitrogens with one attached hydrogen (secondary N) is 1. The Morgan fingerprint density at radius 3 is 2.48 bits per heavy atom. The second-order valence-corrected chi connectivity index (χ2v) is 8.81. The summed E-state index contributed by atoms with van der Waals surface area (Å²) in [5.74, 6) is 2.16. The Morgan fingerprint density at radius 1 is 1.03 bits per heavy atom. The van der Waals surface area contributed by atoms with E-state index in [-0.39, 0.29) is 0 Å². The number of fused-ring (bicyclic) bond motifs is 1. The number of aliphatic hydroxyl groups is 1. The summed E-state index contributed by atoms with van der Waals surface area (Å²) in [4.78, 5) is 13.1. The zero-order valence-corrected chi connectivity index (χ0v) is 18.5. The smallest absolute Gasteiger partial charge is 0.159 e. The monoisotopic (exact) mass is 436 g/mol. The quantitative estimate of drug-likeness (QED) is 0.386. The third-order valence-electron chi connectivity index (χ3n) is 6.51. The molecule has 1 aliphatic carbocycles. The van der Waals surface area contributed by atoms with Gasteiger partial charge in [-0.15, -0.1) is 0 Å². The SMILES string of the molecule is Cc1noc(C)c1-c1cc(C(O)(c2ccccc2)c2ccccn2)c2nc(C3CC3)[nH]c2c1. The topological polar surface area (TPSA) is 87.8 Å². The van der Waals surface area contributed by atoms with Gasteiger partial charge in [-0.05, 0) is 62.1 Å². The van der Waals surface area contributed by atoms with Crippen LogP contribution in [-0.4, -0.2) is 25.2 Å². The lowest BCUT2D eigenvalue weighted by Gasteiger charge is -2.29. The van der Waals surface area contributed by atoms with Crippen molar-refractivity contribution in [2.24, 2.45) is 0 Å². The average Bonchev–Trinajstić information content (AvgIpc) is 3.53. The lowest BCUT2D eigenvalue weighted by molar-refractivity contribution is 0.122. The van der Waals surface area contributed by atoms with Crippen molar-refractivity contribution in [2.45, 2.75) is 38.2 Å². The van der Waals surface area contributed by atoms with E-state index < -0.39 is 5.60 Å². The molecule has 1 fully saturated rings. The van der Waals surface area contributed by atoms with Crippen molar-refractivity contribution in [2.75, 3.05) is 0 Å². The van der Waals surface area contributed by atoms with Gasteiger partial charge in [0.2, 0.25) is 0 Å². The summed E-state index contributed by atoms with van der Waals surface area (Å²) < 4.78 is 5.46. The largest absolute Gasteiger partial charge is 0.374 e. The van der Waals surface area contributed by atoms with E-state index >= 15 is 0 Å². The van der Waals surface area contributed by atoms with E-state index in [1.54, 1.807) is 6.20 Å². The number of aromatic nitrogens is 4. The molecule has 33 heavy (non-hydrogen) atoms. The number of aryl methyl sites for hydroxylation is 2. The molecule has 2 N–H and O–H groups in total. The van der Waals surface area contributed by atoms with E-state index in [0.29, 0.717) is 17.2 Å². The number of hydrogen-bond donors (Lipinski definition) is 2. The molecule has 1 atom stereocenters. The highest BCUT2D eigenvalue weighted by Gasteiger charge is 2.39. The molecule has 6 heteroatoms. The fourth-order valence-electron chi connectivity index (χ4n) is 4.70. The molecule has 6 nitrogen and oxygen atoms in total. The van der Waals surface area contributed by atoms with E-state index in [2.05, 4.69) is 21.2 Å². The van der Waals surface area contributed by atoms with Crippen molar-refractivity contribution in [3.05, 3.63) is 101 Å². The standard InChI is InChI=1S/C27H24N4O2/c1-16-24(17(2)33-31-16)19-14-21(25-22(15-19)29-26(30-25)18-11-12-18)27(32,20-8-4-3-5-9-20)23-10-6-7-13-28-23/h3-10,13-15,18,32H,11-12H2,1-2H3,(H,29,30). The summed E-state index contributed by atoms with van der Waals surface area (Å²) >= 11 is 0. The van der Waals surface area contributed by atoms with Gasteiger partial charge in [0.15, 0.2) is 5.60 Å². The molecule has 0 spiro atoms. The summed E-state index contributed by atoms with van der Waals surface area (Å²) in [5, 5.41) is 16.6. The van der Waals surface area contributed by atoms with Crippen LogP contribution in [0.4, 0.5) is 0 Å². The van der Waals surface area contributed by atoms with Crippen LogP contribution < -0.4 is 0 Å². The number of pyridine rings is 1. The number of rotatable bonds is 5. The normalized spacial score (nSPS) is 15.6. The molecule has 1 unspecified atom stereocenters. The fraction of sp³-hybridized carbons (Fsp3) is 0.222. The number of aromatic amines is 1. The Labute approximate surface area is 191 Å². The summed E-state index contributed by atoms with van der Waals surface area (Å²) in [6, 6.07) is 19.3. The molecule has 0 amide bonds. The highest BCUT2D eigenvalue weighted by molar-refractivity contribution is 5.88. The third-order valence-corrected chi connectivity index (χ3v) is 6.51. The highest BCUT2D eigenvalue weighted by atomic mass is 16.5. The number of benzene rings is 2. The Morgan fingerprint density at radius 2 is 1.82 bits per heavy atom. The molecule has 0 bridgehead atoms. The summed E-state index contributed by atoms with van der Waals surface area (Å²) in [6.45, 7) is 3.84. The fourth-order valence-corrected chi connectivity index (χ4v) is 4.70. The minimum Gasteiger partial charge on any atom is -0.374 e. The van der Waals surface area contributed by atoms with Gasteiger partial charge in [0.25, 0.3) is 0 Å². The second-order valence-electron chi connectivity index (χ2n) is 8.81. The first-order valence-electron chi connectivity index (χ1n) is 11.2. The molecular weight excluding hydrogens is 412 g/mol. The molecule has 3 aromatic heterocycles. The summed E-state index contributed by atoms with van der Waals surface area (Å²) in [5.41, 5.74) is 4.76. The van der Waals surface area contributed by atoms with Crippen molar-refractivity contribution < 1.29 is 9.63 Å². The van der Waals surface area contributed by atoms with Crippen LogP contribution in [0, 0.1) is 13.8 Å². The van der Waals surface area contributed by atoms with E-state index in [4.69, 9.17) is 9.51 Å². The maximum atomic E-state index is 12.5. The van der Waals surface area contributed by atoms with Crippen LogP contribution in [0.3, 0.4) is 0 Å². The molecule has 0 aliphatic heterocycles. The van der Waals surface area contributed by atoms with Crippen LogP contribution in [0.1, 0.15) is 52.9 Å². The Kier molecular flexibility index (Phi) is 4.45. The molecule has 0 saturated heterocycles. The average molecular weight is 437 g/mol. The molecule has 0 radical (unpaired) electrons. The molecule has 164 valence electrons. The van der Waals surface area contributed by atoms with Crippen molar-refractivity contribution in [1.82, 2.24) is 20.1 Å². The van der Waals surface area contributed by atoms with Gasteiger partial charge in [-0.2, -0.15) is 0 Å². The predicted octanol–water partition coefficient (Wildman–Crippen LogP) is 5.39. The Balaban J connectivity index is 1.70. The van der Waals surface area contributed by atoms with Crippen molar-refractivity contribution >= 4 is 11.0 Å². The van der Waals surface area contributed by atoms with E-state index in [9.17, 15) is 5.11 Å². The maximum absolute atomic E-state index is 12.5. The first-order chi connectivity index (χ1) is 16.1. The van der Waals surface area contributed by atoms with Crippen LogP contribution in [-0.2, 0) is 5.60 Å². The Hall–Kier alpha value is -3.77. The van der Waals surface area contributed by atoms with Gasteiger partial charge in [0.1, 0.15) is 11.6 Å².